The van der Waals surface area contributed by atoms with Crippen molar-refractivity contribution in [2.75, 3.05) is 0 Å². The van der Waals surface area contributed by atoms with E-state index >= 15 is 0 Å². The lowest BCUT2D eigenvalue weighted by atomic mass is 9.98. The molecule has 6 nitrogen and oxygen atoms in total. The normalized spacial score (nSPS) is 18.5. The molecule has 0 spiro atoms. The van der Waals surface area contributed by atoms with Crippen LogP contribution in [0.15, 0.2) is 90.0 Å². The van der Waals surface area contributed by atoms with Crippen LogP contribution in [0.3, 0.4) is 0 Å². The van der Waals surface area contributed by atoms with E-state index in [1.807, 2.05) is 25.1 Å². The van der Waals surface area contributed by atoms with Gasteiger partial charge < -0.3 is 4.90 Å². The van der Waals surface area contributed by atoms with E-state index in [2.05, 4.69) is 83.3 Å². The van der Waals surface area contributed by atoms with Crippen molar-refractivity contribution in [2.45, 2.75) is 39.7 Å². The van der Waals surface area contributed by atoms with Crippen molar-refractivity contribution in [3.63, 3.8) is 0 Å². The summed E-state index contributed by atoms with van der Waals surface area (Å²) in [6.07, 6.45) is 9.92. The highest BCUT2D eigenvalue weighted by atomic mass is 35.5. The first kappa shape index (κ1) is 23.0. The Kier molecular flexibility index (Phi) is 6.22. The van der Waals surface area contributed by atoms with Gasteiger partial charge in [-0.25, -0.2) is 0 Å². The molecule has 2 aliphatic heterocycles. The van der Waals surface area contributed by atoms with Crippen LogP contribution in [-0.4, -0.2) is 36.9 Å². The number of fused-ring (bicyclic) bond motifs is 1. The number of tetrazole rings is 1. The van der Waals surface area contributed by atoms with Crippen LogP contribution in [0.25, 0.3) is 17.0 Å². The molecule has 1 saturated heterocycles. The minimum Gasteiger partial charge on any atom is -0.337 e. The summed E-state index contributed by atoms with van der Waals surface area (Å²) >= 11 is 6.37. The predicted octanol–water partition coefficient (Wildman–Crippen LogP) is 6.41. The summed E-state index contributed by atoms with van der Waals surface area (Å²) in [7, 11) is 0. The molecule has 0 aliphatic carbocycles. The maximum Gasteiger partial charge on any atom is 0.143 e. The number of halogens is 1. The largest absolute Gasteiger partial charge is 0.337 e. The Morgan fingerprint density at radius 3 is 2.69 bits per heavy atom. The smallest absolute Gasteiger partial charge is 0.143 e. The molecular weight excluding hydrogens is 456 g/mol. The molecule has 3 heterocycles. The minimum atomic E-state index is 0.172. The fourth-order valence-corrected chi connectivity index (χ4v) is 4.95. The van der Waals surface area contributed by atoms with Crippen LogP contribution < -0.4 is 0 Å². The molecule has 0 amide bonds. The van der Waals surface area contributed by atoms with E-state index in [1.54, 1.807) is 11.0 Å². The molecule has 1 atom stereocenters. The van der Waals surface area contributed by atoms with Gasteiger partial charge in [-0.05, 0) is 85.5 Å². The van der Waals surface area contributed by atoms with Crippen molar-refractivity contribution >= 4 is 28.6 Å². The standard InChI is InChI=1S/C28H27ClN6/c1-5-26(21-8-6-18(2)7-9-21)31-20(4)27-13-11-24-15-22(14-19(3)35(24)27)25-16-23(29)10-12-28(25)34-17-30-32-33-34/h5-10,12,14-17,27H,3,11,13H2,1-2,4H3/b26-5-,31-20+. The Morgan fingerprint density at radius 2 is 1.97 bits per heavy atom. The van der Waals surface area contributed by atoms with Gasteiger partial charge in [-0.2, -0.15) is 4.68 Å². The number of aromatic nitrogens is 4. The number of nitrogens with zero attached hydrogens (tertiary/aromatic N) is 6. The van der Waals surface area contributed by atoms with Crippen molar-refractivity contribution in [2.24, 2.45) is 4.99 Å². The van der Waals surface area contributed by atoms with Gasteiger partial charge in [-0.1, -0.05) is 54.1 Å². The summed E-state index contributed by atoms with van der Waals surface area (Å²) < 4.78 is 1.65. The molecule has 0 bridgehead atoms. The molecule has 176 valence electrons. The molecule has 7 heteroatoms. The van der Waals surface area contributed by atoms with Gasteiger partial charge in [-0.15, -0.1) is 5.10 Å². The lowest BCUT2D eigenvalue weighted by Gasteiger charge is -2.32. The topological polar surface area (TPSA) is 59.2 Å². The van der Waals surface area contributed by atoms with Gasteiger partial charge in [0.25, 0.3) is 0 Å². The molecular formula is C28H27ClN6. The highest BCUT2D eigenvalue weighted by Gasteiger charge is 2.34. The average molecular weight is 483 g/mol. The Morgan fingerprint density at radius 1 is 1.17 bits per heavy atom. The Bertz CT molecular complexity index is 1390. The maximum atomic E-state index is 6.37. The highest BCUT2D eigenvalue weighted by Crippen LogP contribution is 2.40. The van der Waals surface area contributed by atoms with Gasteiger partial charge in [-0.3, -0.25) is 4.99 Å². The first-order valence-electron chi connectivity index (χ1n) is 11.7. The van der Waals surface area contributed by atoms with E-state index in [9.17, 15) is 0 Å². The average Bonchev–Trinajstić information content (AvgIpc) is 3.53. The second kappa shape index (κ2) is 9.47. The second-order valence-corrected chi connectivity index (χ2v) is 9.30. The Balaban J connectivity index is 1.45. The van der Waals surface area contributed by atoms with Crippen LogP contribution in [0.5, 0.6) is 0 Å². The number of hydrogen-bond acceptors (Lipinski definition) is 5. The van der Waals surface area contributed by atoms with Gasteiger partial charge in [0, 0.05) is 27.7 Å². The van der Waals surface area contributed by atoms with E-state index in [1.165, 1.54) is 11.3 Å². The van der Waals surface area contributed by atoms with E-state index in [-0.39, 0.29) is 6.04 Å². The minimum absolute atomic E-state index is 0.172. The SMILES string of the molecule is C=C1C=C(c2cc(Cl)ccc2-n2cnnn2)C=C2CCC(/C(C)=N/C(=C\C)c3ccc(C)cc3)N12. The molecule has 0 N–H and O–H groups in total. The number of rotatable bonds is 5. The lowest BCUT2D eigenvalue weighted by molar-refractivity contribution is 0.446. The number of aliphatic imine (C=N–C) groups is 1. The molecule has 1 fully saturated rings. The fourth-order valence-electron chi connectivity index (χ4n) is 4.78. The van der Waals surface area contributed by atoms with E-state index < -0.39 is 0 Å². The van der Waals surface area contributed by atoms with Crippen LogP contribution in [0.2, 0.25) is 5.02 Å². The monoisotopic (exact) mass is 482 g/mol. The van der Waals surface area contributed by atoms with Crippen LogP contribution in [0.4, 0.5) is 0 Å². The summed E-state index contributed by atoms with van der Waals surface area (Å²) in [5.74, 6) is 0. The first-order chi connectivity index (χ1) is 16.9. The summed E-state index contributed by atoms with van der Waals surface area (Å²) in [6, 6.07) is 14.4. The zero-order valence-corrected chi connectivity index (χ0v) is 20.9. The van der Waals surface area contributed by atoms with Gasteiger partial charge >= 0.3 is 0 Å². The Hall–Kier alpha value is -3.77. The molecule has 2 aromatic carbocycles. The summed E-state index contributed by atoms with van der Waals surface area (Å²) in [5.41, 5.74) is 9.47. The first-order valence-corrected chi connectivity index (χ1v) is 12.0. The number of hydrogen-bond donors (Lipinski definition) is 0. The molecule has 0 saturated carbocycles. The van der Waals surface area contributed by atoms with E-state index in [0.717, 1.165) is 52.3 Å². The maximum absolute atomic E-state index is 6.37. The predicted molar refractivity (Wildman–Crippen MR) is 142 cm³/mol. The molecule has 5 rings (SSSR count). The summed E-state index contributed by atoms with van der Waals surface area (Å²) in [4.78, 5) is 7.35. The third-order valence-electron chi connectivity index (χ3n) is 6.51. The van der Waals surface area contributed by atoms with Crippen molar-refractivity contribution in [1.82, 2.24) is 25.1 Å². The van der Waals surface area contributed by atoms with Gasteiger partial charge in [0.05, 0.1) is 17.4 Å². The quantitative estimate of drug-likeness (QED) is 0.394. The summed E-state index contributed by atoms with van der Waals surface area (Å²) in [6.45, 7) is 10.7. The zero-order valence-electron chi connectivity index (χ0n) is 20.1. The van der Waals surface area contributed by atoms with E-state index in [0.29, 0.717) is 5.02 Å². The molecule has 2 aliphatic rings. The van der Waals surface area contributed by atoms with Gasteiger partial charge in [0.1, 0.15) is 6.33 Å². The third-order valence-corrected chi connectivity index (χ3v) is 6.75. The van der Waals surface area contributed by atoms with Crippen LogP contribution in [0.1, 0.15) is 43.4 Å². The highest BCUT2D eigenvalue weighted by molar-refractivity contribution is 6.30. The van der Waals surface area contributed by atoms with Crippen molar-refractivity contribution < 1.29 is 0 Å². The van der Waals surface area contributed by atoms with Crippen molar-refractivity contribution in [1.29, 1.82) is 0 Å². The summed E-state index contributed by atoms with van der Waals surface area (Å²) in [5, 5.41) is 12.3. The number of benzene rings is 2. The fraction of sp³-hybridized carbons (Fsp3) is 0.214. The molecule has 1 unspecified atom stereocenters. The van der Waals surface area contributed by atoms with Gasteiger partial charge in [0.2, 0.25) is 0 Å². The number of allylic oxidation sites excluding steroid dienone is 5. The van der Waals surface area contributed by atoms with E-state index in [4.69, 9.17) is 16.6 Å². The zero-order chi connectivity index (χ0) is 24.5. The van der Waals surface area contributed by atoms with Crippen LogP contribution in [-0.2, 0) is 0 Å². The second-order valence-electron chi connectivity index (χ2n) is 8.86. The molecule has 3 aromatic rings. The third kappa shape index (κ3) is 4.49. The van der Waals surface area contributed by atoms with Crippen LogP contribution >= 0.6 is 11.6 Å². The van der Waals surface area contributed by atoms with Crippen molar-refractivity contribution in [3.05, 3.63) is 107 Å². The molecule has 0 radical (unpaired) electrons. The van der Waals surface area contributed by atoms with Crippen molar-refractivity contribution in [3.8, 4) is 5.69 Å². The molecule has 1 aromatic heterocycles. The lowest BCUT2D eigenvalue weighted by Crippen LogP contribution is -2.33. The number of aryl methyl sites for hydroxylation is 1. The Labute approximate surface area is 210 Å². The van der Waals surface area contributed by atoms with Crippen LogP contribution in [0, 0.1) is 6.92 Å². The van der Waals surface area contributed by atoms with Gasteiger partial charge in [0.15, 0.2) is 0 Å². The molecule has 35 heavy (non-hydrogen) atoms.